The van der Waals surface area contributed by atoms with Crippen molar-refractivity contribution >= 4 is 59.9 Å². The molecule has 0 aromatic heterocycles. The molecule has 0 saturated carbocycles. The third-order valence-corrected chi connectivity index (χ3v) is 5.86. The minimum atomic E-state index is -2.06. The first-order valence-corrected chi connectivity index (χ1v) is 11.5. The van der Waals surface area contributed by atoms with Crippen molar-refractivity contribution in [2.75, 3.05) is 13.7 Å². The summed E-state index contributed by atoms with van der Waals surface area (Å²) in [4.78, 5) is 60.9. The normalized spacial score (nSPS) is 18.2. The van der Waals surface area contributed by atoms with Crippen molar-refractivity contribution in [3.63, 3.8) is 0 Å². The number of carbonyl (C=O) groups excluding carboxylic acids is 4. The van der Waals surface area contributed by atoms with Gasteiger partial charge in [0.25, 0.3) is 5.91 Å². The molecule has 1 heterocycles. The fraction of sp³-hybridized carbons (Fsp3) is 0.500. The van der Waals surface area contributed by atoms with Gasteiger partial charge in [-0.15, -0.1) is 0 Å². The van der Waals surface area contributed by atoms with Crippen LogP contribution in [0.25, 0.3) is 0 Å². The van der Waals surface area contributed by atoms with Gasteiger partial charge in [0.05, 0.1) is 37.1 Å². The lowest BCUT2D eigenvalue weighted by atomic mass is 9.65. The zero-order chi connectivity index (χ0) is 26.3. The number of carbonyl (C=O) groups is 5. The van der Waals surface area contributed by atoms with Gasteiger partial charge in [0, 0.05) is 17.3 Å². The quantitative estimate of drug-likeness (QED) is 0.308. The molecule has 1 saturated heterocycles. The molecule has 2 atom stereocenters. The zero-order valence-electron chi connectivity index (χ0n) is 19.5. The lowest BCUT2D eigenvalue weighted by Gasteiger charge is -2.24. The van der Waals surface area contributed by atoms with Crippen LogP contribution in [0.5, 0.6) is 0 Å². The van der Waals surface area contributed by atoms with E-state index in [1.807, 2.05) is 13.8 Å². The van der Waals surface area contributed by atoms with Crippen molar-refractivity contribution < 1.29 is 43.1 Å². The Hall–Kier alpha value is -2.63. The maximum Gasteiger partial charge on any atom is 0.531 e. The topological polar surface area (TPSA) is 145 Å². The van der Waals surface area contributed by atoms with Crippen LogP contribution >= 0.6 is 23.2 Å². The van der Waals surface area contributed by atoms with Crippen LogP contribution in [-0.2, 0) is 33.2 Å². The summed E-state index contributed by atoms with van der Waals surface area (Å²) in [6.07, 6.45) is -1.21. The Kier molecular flexibility index (Phi) is 10.1. The summed E-state index contributed by atoms with van der Waals surface area (Å²) in [5, 5.41) is 12.2. The number of nitrogens with one attached hydrogen (secondary N) is 1. The van der Waals surface area contributed by atoms with Gasteiger partial charge < -0.3 is 24.5 Å². The minimum Gasteiger partial charge on any atom is -0.507 e. The average Bonchev–Trinajstić information content (AvgIpc) is 3.07. The highest BCUT2D eigenvalue weighted by Crippen LogP contribution is 2.38. The second-order valence-electron chi connectivity index (χ2n) is 8.65. The monoisotopic (exact) mass is 529 g/mol. The van der Waals surface area contributed by atoms with Crippen molar-refractivity contribution in [2.45, 2.75) is 50.9 Å². The first kappa shape index (κ1) is 28.6. The predicted molar refractivity (Wildman–Crippen MR) is 126 cm³/mol. The van der Waals surface area contributed by atoms with E-state index in [1.54, 1.807) is 0 Å². The van der Waals surface area contributed by atoms with Crippen LogP contribution in [0.4, 0.5) is 0 Å². The highest BCUT2D eigenvalue weighted by Gasteiger charge is 2.57. The molecular weight excluding hydrogens is 504 g/mol. The molecule has 13 heteroatoms. The number of methoxy groups -OCH3 is 1. The molecule has 2 rings (SSSR count). The van der Waals surface area contributed by atoms with Crippen LogP contribution in [0.2, 0.25) is 15.9 Å². The lowest BCUT2D eigenvalue weighted by molar-refractivity contribution is -0.159. The second kappa shape index (κ2) is 12.4. The van der Waals surface area contributed by atoms with E-state index in [2.05, 4.69) is 10.1 Å². The molecule has 1 aliphatic heterocycles. The first-order valence-electron chi connectivity index (χ1n) is 10.8. The Morgan fingerprint density at radius 3 is 2.49 bits per heavy atom. The van der Waals surface area contributed by atoms with Crippen LogP contribution in [0.15, 0.2) is 18.2 Å². The maximum atomic E-state index is 12.7. The molecule has 1 fully saturated rings. The second-order valence-corrected chi connectivity index (χ2v) is 9.49. The van der Waals surface area contributed by atoms with Crippen molar-refractivity contribution in [2.24, 2.45) is 5.92 Å². The number of carboxylic acids is 1. The van der Waals surface area contributed by atoms with Crippen LogP contribution in [0, 0.1) is 5.92 Å². The van der Waals surface area contributed by atoms with Gasteiger partial charge in [-0.1, -0.05) is 37.0 Å². The Morgan fingerprint density at radius 1 is 1.20 bits per heavy atom. The lowest BCUT2D eigenvalue weighted by Crippen LogP contribution is -2.42. The van der Waals surface area contributed by atoms with Gasteiger partial charge in [0.1, 0.15) is 0 Å². The molecule has 10 nitrogen and oxygen atoms in total. The third-order valence-electron chi connectivity index (χ3n) is 5.30. The molecule has 0 aliphatic carbocycles. The minimum absolute atomic E-state index is 0.0602. The van der Waals surface area contributed by atoms with Crippen molar-refractivity contribution in [1.29, 1.82) is 0 Å². The summed E-state index contributed by atoms with van der Waals surface area (Å²) in [5.41, 5.74) is -1.95. The largest absolute Gasteiger partial charge is 0.531 e. The van der Waals surface area contributed by atoms with E-state index in [-0.39, 0.29) is 35.3 Å². The molecule has 0 spiro atoms. The Bertz CT molecular complexity index is 1000. The van der Waals surface area contributed by atoms with Gasteiger partial charge in [-0.25, -0.2) is 0 Å². The number of rotatable bonds is 12. The highest BCUT2D eigenvalue weighted by molar-refractivity contribution is 6.51. The van der Waals surface area contributed by atoms with E-state index >= 15 is 0 Å². The van der Waals surface area contributed by atoms with Crippen molar-refractivity contribution in [1.82, 2.24) is 5.32 Å². The zero-order valence-corrected chi connectivity index (χ0v) is 21.0. The SMILES string of the molecule is COC(=O)C[C@@]1(CC(=O)O)OB([C@@H](CC(=O)CNC(=O)c2cc(Cl)ccc2Cl)CC(C)C)OC1=O. The molecule has 2 N–H and O–H groups in total. The van der Waals surface area contributed by atoms with Crippen molar-refractivity contribution in [3.8, 4) is 0 Å². The van der Waals surface area contributed by atoms with E-state index in [0.29, 0.717) is 11.4 Å². The number of hydrogen-bond donors (Lipinski definition) is 2. The van der Waals surface area contributed by atoms with Gasteiger partial charge in [-0.3, -0.25) is 24.0 Å². The van der Waals surface area contributed by atoms with Crippen LogP contribution in [0.1, 0.15) is 49.9 Å². The first-order chi connectivity index (χ1) is 16.4. The fourth-order valence-corrected chi connectivity index (χ4v) is 4.12. The number of hydrogen-bond acceptors (Lipinski definition) is 8. The standard InChI is InChI=1S/C22H26BCl2NO9/c1-12(2)6-13(7-15(27)11-26-20(31)16-8-14(24)4-5-17(16)25)23-34-21(32)22(35-23,9-18(28)29)10-19(30)33-3/h4-5,8,12-13H,6-7,9-11H2,1-3H3,(H,26,31)(H,28,29)/t13-,22-/m1/s1. The van der Waals surface area contributed by atoms with E-state index < -0.39 is 55.2 Å². The predicted octanol–water partition coefficient (Wildman–Crippen LogP) is 2.94. The molecular formula is C22H26BCl2NO9. The van der Waals surface area contributed by atoms with Crippen LogP contribution < -0.4 is 5.32 Å². The van der Waals surface area contributed by atoms with Crippen LogP contribution in [-0.4, -0.2) is 61.1 Å². The smallest absolute Gasteiger partial charge is 0.507 e. The highest BCUT2D eigenvalue weighted by atomic mass is 35.5. The number of halogens is 2. The molecule has 190 valence electrons. The van der Waals surface area contributed by atoms with E-state index in [4.69, 9.17) is 32.5 Å². The maximum absolute atomic E-state index is 12.7. The fourth-order valence-electron chi connectivity index (χ4n) is 3.75. The number of Topliss-reactive ketones (excluding diaryl/α,β-unsaturated/α-hetero) is 1. The van der Waals surface area contributed by atoms with Gasteiger partial charge >= 0.3 is 25.0 Å². The summed E-state index contributed by atoms with van der Waals surface area (Å²) in [6, 6.07) is 4.36. The van der Waals surface area contributed by atoms with Gasteiger partial charge in [-0.05, 0) is 30.5 Å². The Morgan fingerprint density at radius 2 is 1.89 bits per heavy atom. The van der Waals surface area contributed by atoms with Gasteiger partial charge in [-0.2, -0.15) is 0 Å². The molecule has 35 heavy (non-hydrogen) atoms. The van der Waals surface area contributed by atoms with Crippen molar-refractivity contribution in [3.05, 3.63) is 33.8 Å². The van der Waals surface area contributed by atoms with Gasteiger partial charge in [0.15, 0.2) is 11.4 Å². The summed E-state index contributed by atoms with van der Waals surface area (Å²) in [7, 11) is -0.157. The molecule has 1 amide bonds. The number of ether oxygens (including phenoxy) is 1. The molecule has 1 aromatic carbocycles. The molecule has 0 unspecified atom stereocenters. The summed E-state index contributed by atoms with van der Waals surface area (Å²) >= 11 is 11.9. The Labute approximate surface area is 212 Å². The molecule has 0 bridgehead atoms. The van der Waals surface area contributed by atoms with E-state index in [0.717, 1.165) is 7.11 Å². The number of ketones is 1. The molecule has 1 aliphatic rings. The molecule has 1 aromatic rings. The number of carboxylic acid groups (broad SMARTS) is 1. The van der Waals surface area contributed by atoms with E-state index in [1.165, 1.54) is 18.2 Å². The summed E-state index contributed by atoms with van der Waals surface area (Å²) in [5.74, 6) is -4.79. The number of benzene rings is 1. The molecule has 0 radical (unpaired) electrons. The van der Waals surface area contributed by atoms with Crippen LogP contribution in [0.3, 0.4) is 0 Å². The number of aliphatic carboxylic acids is 1. The van der Waals surface area contributed by atoms with E-state index in [9.17, 15) is 29.1 Å². The van der Waals surface area contributed by atoms with Gasteiger partial charge in [0.2, 0.25) is 0 Å². The third kappa shape index (κ3) is 7.94. The Balaban J connectivity index is 2.12. The summed E-state index contributed by atoms with van der Waals surface area (Å²) < 4.78 is 15.6. The number of amides is 1. The number of esters is 1. The average molecular weight is 530 g/mol. The summed E-state index contributed by atoms with van der Waals surface area (Å²) in [6.45, 7) is 3.44.